The van der Waals surface area contributed by atoms with Crippen molar-refractivity contribution in [3.63, 3.8) is 0 Å². The summed E-state index contributed by atoms with van der Waals surface area (Å²) in [6.07, 6.45) is 3.35. The Hall–Kier alpha value is -0.950. The minimum Gasteiger partial charge on any atom is -0.270 e. The molecule has 0 aromatic carbocycles. The first-order chi connectivity index (χ1) is 9.04. The van der Waals surface area contributed by atoms with Gasteiger partial charge >= 0.3 is 0 Å². The largest absolute Gasteiger partial charge is 0.270 e. The summed E-state index contributed by atoms with van der Waals surface area (Å²) >= 11 is 9.59. The molecule has 0 radical (unpaired) electrons. The van der Waals surface area contributed by atoms with E-state index >= 15 is 0 Å². The second-order valence-electron chi connectivity index (χ2n) is 4.42. The molecule has 2 heterocycles. The highest BCUT2D eigenvalue weighted by Crippen LogP contribution is 2.29. The summed E-state index contributed by atoms with van der Waals surface area (Å²) < 4.78 is 2.76. The highest BCUT2D eigenvalue weighted by Gasteiger charge is 2.23. The third kappa shape index (κ3) is 2.97. The lowest BCUT2D eigenvalue weighted by Gasteiger charge is -2.19. The van der Waals surface area contributed by atoms with Crippen molar-refractivity contribution in [2.24, 2.45) is 5.84 Å². The summed E-state index contributed by atoms with van der Waals surface area (Å²) in [5, 5.41) is 4.85. The molecule has 3 N–H and O–H groups in total. The molecule has 0 aliphatic carbocycles. The first-order valence-electron chi connectivity index (χ1n) is 5.85. The standard InChI is InChI=1S/C12H15BrClN5/c1-7(2)19-12(9(14)6-17-19)11(18-15)10-4-3-8(13)5-16-10/h3-7,11,18H,15H2,1-2H3. The minimum absolute atomic E-state index is 0.189. The number of pyridine rings is 1. The van der Waals surface area contributed by atoms with Gasteiger partial charge < -0.3 is 0 Å². The molecule has 0 saturated carbocycles. The molecule has 1 unspecified atom stereocenters. The van der Waals surface area contributed by atoms with E-state index in [0.29, 0.717) is 5.02 Å². The highest BCUT2D eigenvalue weighted by atomic mass is 79.9. The third-order valence-electron chi connectivity index (χ3n) is 2.76. The molecule has 0 bridgehead atoms. The van der Waals surface area contributed by atoms with Crippen molar-refractivity contribution in [2.75, 3.05) is 0 Å². The van der Waals surface area contributed by atoms with Gasteiger partial charge in [-0.3, -0.25) is 15.5 Å². The normalized spacial score (nSPS) is 12.9. The SMILES string of the molecule is CC(C)n1ncc(Cl)c1C(NN)c1ccc(Br)cn1. The van der Waals surface area contributed by atoms with Gasteiger partial charge in [-0.1, -0.05) is 11.6 Å². The number of halogens is 2. The summed E-state index contributed by atoms with van der Waals surface area (Å²) in [6, 6.07) is 3.69. The molecule has 0 aliphatic rings. The maximum absolute atomic E-state index is 6.23. The molecule has 0 aliphatic heterocycles. The predicted molar refractivity (Wildman–Crippen MR) is 78.7 cm³/mol. The van der Waals surface area contributed by atoms with Gasteiger partial charge in [0.1, 0.15) is 6.04 Å². The Morgan fingerprint density at radius 2 is 2.11 bits per heavy atom. The average molecular weight is 345 g/mol. The van der Waals surface area contributed by atoms with Crippen molar-refractivity contribution in [3.8, 4) is 0 Å². The summed E-state index contributed by atoms with van der Waals surface area (Å²) in [5.41, 5.74) is 4.35. The molecule has 0 spiro atoms. The van der Waals surface area contributed by atoms with Crippen molar-refractivity contribution >= 4 is 27.5 Å². The molecule has 19 heavy (non-hydrogen) atoms. The Morgan fingerprint density at radius 3 is 2.63 bits per heavy atom. The Balaban J connectivity index is 2.47. The minimum atomic E-state index is -0.300. The quantitative estimate of drug-likeness (QED) is 0.661. The van der Waals surface area contributed by atoms with E-state index in [0.717, 1.165) is 15.9 Å². The van der Waals surface area contributed by atoms with Gasteiger partial charge in [0.25, 0.3) is 0 Å². The Labute approximate surface area is 125 Å². The van der Waals surface area contributed by atoms with Crippen LogP contribution in [0, 0.1) is 0 Å². The lowest BCUT2D eigenvalue weighted by molar-refractivity contribution is 0.473. The van der Waals surface area contributed by atoms with Crippen LogP contribution in [0.4, 0.5) is 0 Å². The van der Waals surface area contributed by atoms with E-state index in [-0.39, 0.29) is 12.1 Å². The monoisotopic (exact) mass is 343 g/mol. The van der Waals surface area contributed by atoms with Crippen LogP contribution >= 0.6 is 27.5 Å². The zero-order chi connectivity index (χ0) is 14.0. The van der Waals surface area contributed by atoms with Gasteiger partial charge in [-0.2, -0.15) is 5.10 Å². The van der Waals surface area contributed by atoms with Gasteiger partial charge in [0.15, 0.2) is 0 Å². The Bertz CT molecular complexity index is 552. The van der Waals surface area contributed by atoms with Crippen LogP contribution in [0.25, 0.3) is 0 Å². The van der Waals surface area contributed by atoms with Crippen molar-refractivity contribution in [1.29, 1.82) is 0 Å². The molecule has 1 atom stereocenters. The van der Waals surface area contributed by atoms with Gasteiger partial charge in [0.05, 0.1) is 22.6 Å². The number of hydrogen-bond acceptors (Lipinski definition) is 4. The second kappa shape index (κ2) is 6.00. The molecule has 2 aromatic heterocycles. The van der Waals surface area contributed by atoms with Gasteiger partial charge in [0.2, 0.25) is 0 Å². The number of nitrogens with one attached hydrogen (secondary N) is 1. The molecule has 7 heteroatoms. The van der Waals surface area contributed by atoms with E-state index in [9.17, 15) is 0 Å². The van der Waals surface area contributed by atoms with Crippen molar-refractivity contribution in [1.82, 2.24) is 20.2 Å². The first-order valence-corrected chi connectivity index (χ1v) is 7.02. The van der Waals surface area contributed by atoms with Crippen molar-refractivity contribution < 1.29 is 0 Å². The fourth-order valence-corrected chi connectivity index (χ4v) is 2.37. The van der Waals surface area contributed by atoms with Crippen molar-refractivity contribution in [2.45, 2.75) is 25.9 Å². The van der Waals surface area contributed by atoms with E-state index in [1.807, 2.05) is 30.7 Å². The number of nitrogens with zero attached hydrogens (tertiary/aromatic N) is 3. The van der Waals surface area contributed by atoms with Crippen molar-refractivity contribution in [3.05, 3.63) is 45.4 Å². The highest BCUT2D eigenvalue weighted by molar-refractivity contribution is 9.10. The lowest BCUT2D eigenvalue weighted by atomic mass is 10.1. The van der Waals surface area contributed by atoms with Crippen LogP contribution in [-0.4, -0.2) is 14.8 Å². The molecule has 0 fully saturated rings. The number of rotatable bonds is 4. The fraction of sp³-hybridized carbons (Fsp3) is 0.333. The summed E-state index contributed by atoms with van der Waals surface area (Å²) in [7, 11) is 0. The van der Waals surface area contributed by atoms with E-state index in [1.165, 1.54) is 0 Å². The van der Waals surface area contributed by atoms with Crippen LogP contribution in [-0.2, 0) is 0 Å². The van der Waals surface area contributed by atoms with Crippen LogP contribution < -0.4 is 11.3 Å². The number of hydrazine groups is 1. The van der Waals surface area contributed by atoms with Gasteiger partial charge in [0, 0.05) is 16.7 Å². The topological polar surface area (TPSA) is 68.8 Å². The third-order valence-corrected chi connectivity index (χ3v) is 3.52. The summed E-state index contributed by atoms with van der Waals surface area (Å²) in [5.74, 6) is 5.67. The lowest BCUT2D eigenvalue weighted by Crippen LogP contribution is -2.32. The van der Waals surface area contributed by atoms with Crippen LogP contribution in [0.3, 0.4) is 0 Å². The molecule has 2 rings (SSSR count). The number of hydrogen-bond donors (Lipinski definition) is 2. The van der Waals surface area contributed by atoms with Gasteiger partial charge in [-0.15, -0.1) is 0 Å². The predicted octanol–water partition coefficient (Wildman–Crippen LogP) is 2.83. The number of nitrogens with two attached hydrogens (primary N) is 1. The molecule has 102 valence electrons. The molecular weight excluding hydrogens is 330 g/mol. The maximum atomic E-state index is 6.23. The Kier molecular flexibility index (Phi) is 4.57. The second-order valence-corrected chi connectivity index (χ2v) is 5.74. The van der Waals surface area contributed by atoms with E-state index in [1.54, 1.807) is 12.4 Å². The molecule has 5 nitrogen and oxygen atoms in total. The molecule has 0 saturated heterocycles. The van der Waals surface area contributed by atoms with Crippen LogP contribution in [0.1, 0.15) is 37.3 Å². The maximum Gasteiger partial charge on any atom is 0.106 e. The van der Waals surface area contributed by atoms with Gasteiger partial charge in [-0.25, -0.2) is 5.43 Å². The van der Waals surface area contributed by atoms with Crippen LogP contribution in [0.15, 0.2) is 29.0 Å². The fourth-order valence-electron chi connectivity index (χ4n) is 1.89. The smallest absolute Gasteiger partial charge is 0.106 e. The van der Waals surface area contributed by atoms with E-state index < -0.39 is 0 Å². The molecular formula is C12H15BrClN5. The average Bonchev–Trinajstić information content (AvgIpc) is 2.75. The molecule has 0 amide bonds. The van der Waals surface area contributed by atoms with Crippen LogP contribution in [0.5, 0.6) is 0 Å². The van der Waals surface area contributed by atoms with E-state index in [4.69, 9.17) is 17.4 Å². The van der Waals surface area contributed by atoms with E-state index in [2.05, 4.69) is 31.4 Å². The summed E-state index contributed by atoms with van der Waals surface area (Å²) in [4.78, 5) is 4.36. The molecule has 2 aromatic rings. The van der Waals surface area contributed by atoms with Crippen LogP contribution in [0.2, 0.25) is 5.02 Å². The first kappa shape index (κ1) is 14.5. The zero-order valence-electron chi connectivity index (χ0n) is 10.6. The zero-order valence-corrected chi connectivity index (χ0v) is 13.0. The Morgan fingerprint density at radius 1 is 1.37 bits per heavy atom. The van der Waals surface area contributed by atoms with Gasteiger partial charge in [-0.05, 0) is 41.9 Å². The number of aromatic nitrogens is 3. The summed E-state index contributed by atoms with van der Waals surface area (Å²) in [6.45, 7) is 4.07.